The lowest BCUT2D eigenvalue weighted by Crippen LogP contribution is -2.39. The van der Waals surface area contributed by atoms with Crippen molar-refractivity contribution in [1.82, 2.24) is 9.88 Å². The monoisotopic (exact) mass is 314 g/mol. The first kappa shape index (κ1) is 16.2. The Balaban J connectivity index is 2.10. The molecule has 0 bridgehead atoms. The molecular weight excluding hydrogens is 292 g/mol. The molecule has 0 aromatic carbocycles. The van der Waals surface area contributed by atoms with Crippen LogP contribution in [0.2, 0.25) is 0 Å². The predicted octanol–water partition coefficient (Wildman–Crippen LogP) is 0.889. The Labute approximate surface area is 127 Å². The second kappa shape index (κ2) is 7.72. The first-order chi connectivity index (χ1) is 10.1. The molecule has 118 valence electrons. The quantitative estimate of drug-likeness (QED) is 0.762. The molecule has 0 radical (unpaired) electrons. The molecule has 1 unspecified atom stereocenters. The summed E-state index contributed by atoms with van der Waals surface area (Å²) in [5.74, 6) is -0.351. The fourth-order valence-electron chi connectivity index (χ4n) is 2.81. The van der Waals surface area contributed by atoms with Crippen molar-refractivity contribution in [3.8, 4) is 0 Å². The summed E-state index contributed by atoms with van der Waals surface area (Å²) in [6, 6.07) is 0.354. The molecule has 1 atom stereocenters. The summed E-state index contributed by atoms with van der Waals surface area (Å²) in [6.45, 7) is 1.80. The molecule has 1 aliphatic heterocycles. The third-order valence-electron chi connectivity index (χ3n) is 3.91. The van der Waals surface area contributed by atoms with Crippen LogP contribution in [0.5, 0.6) is 0 Å². The maximum atomic E-state index is 11.6. The zero-order valence-corrected chi connectivity index (χ0v) is 13.1. The van der Waals surface area contributed by atoms with E-state index in [1.165, 1.54) is 13.5 Å². The number of carbonyl (C=O) groups is 1. The second-order valence-electron chi connectivity index (χ2n) is 5.30. The molecule has 0 spiro atoms. The van der Waals surface area contributed by atoms with Gasteiger partial charge in [0, 0.05) is 29.8 Å². The van der Waals surface area contributed by atoms with Gasteiger partial charge in [0.15, 0.2) is 0 Å². The summed E-state index contributed by atoms with van der Waals surface area (Å²) < 4.78 is 4.67. The van der Waals surface area contributed by atoms with Gasteiger partial charge in [-0.15, -0.1) is 0 Å². The fourth-order valence-corrected chi connectivity index (χ4v) is 3.68. The average Bonchev–Trinajstić information content (AvgIpc) is 2.81. The highest BCUT2D eigenvalue weighted by Crippen LogP contribution is 2.23. The summed E-state index contributed by atoms with van der Waals surface area (Å²) >= 11 is 1.16. The number of aliphatic hydroxyl groups is 1. The van der Waals surface area contributed by atoms with Gasteiger partial charge in [-0.25, -0.2) is 0 Å². The maximum Gasteiger partial charge on any atom is 0.311 e. The van der Waals surface area contributed by atoms with Crippen LogP contribution in [0.25, 0.3) is 0 Å². The highest BCUT2D eigenvalue weighted by atomic mass is 32.1. The summed E-state index contributed by atoms with van der Waals surface area (Å²) in [5.41, 5.74) is 0.658. The number of methoxy groups -OCH3 is 1. The number of carbonyl (C=O) groups excluding carboxylic acids is 1. The van der Waals surface area contributed by atoms with Crippen LogP contribution in [0.4, 0.5) is 0 Å². The number of aromatic amines is 1. The molecule has 7 heteroatoms. The van der Waals surface area contributed by atoms with Crippen molar-refractivity contribution in [3.05, 3.63) is 20.2 Å². The Morgan fingerprint density at radius 1 is 1.52 bits per heavy atom. The number of aliphatic hydroxyl groups excluding tert-OH is 1. The number of thiazole rings is 1. The first-order valence-corrected chi connectivity index (χ1v) is 8.08. The minimum absolute atomic E-state index is 0.100. The highest BCUT2D eigenvalue weighted by Gasteiger charge is 2.24. The van der Waals surface area contributed by atoms with Crippen LogP contribution in [0.1, 0.15) is 36.3 Å². The van der Waals surface area contributed by atoms with Gasteiger partial charge in [-0.3, -0.25) is 14.5 Å². The van der Waals surface area contributed by atoms with Gasteiger partial charge in [-0.1, -0.05) is 17.8 Å². The lowest BCUT2D eigenvalue weighted by molar-refractivity contribution is -0.139. The van der Waals surface area contributed by atoms with Gasteiger partial charge < -0.3 is 14.8 Å². The largest absolute Gasteiger partial charge is 0.469 e. The van der Waals surface area contributed by atoms with E-state index in [2.05, 4.69) is 14.6 Å². The summed E-state index contributed by atoms with van der Waals surface area (Å²) in [6.07, 6.45) is 4.24. The van der Waals surface area contributed by atoms with E-state index in [1.54, 1.807) is 0 Å². The second-order valence-corrected chi connectivity index (χ2v) is 6.37. The number of nitrogens with one attached hydrogen (secondary N) is 1. The average molecular weight is 314 g/mol. The number of esters is 1. The van der Waals surface area contributed by atoms with Gasteiger partial charge in [0.25, 0.3) is 0 Å². The maximum absolute atomic E-state index is 11.6. The standard InChI is InChI=1S/C14H22N2O4S/c1-20-13(18)8-11-12(21-14(19)15-11)9-16-6-3-2-4-10(16)5-7-17/h10,17H,2-9H2,1H3,(H,15,19). The van der Waals surface area contributed by atoms with E-state index < -0.39 is 0 Å². The Morgan fingerprint density at radius 3 is 3.05 bits per heavy atom. The van der Waals surface area contributed by atoms with E-state index >= 15 is 0 Å². The topological polar surface area (TPSA) is 82.6 Å². The van der Waals surface area contributed by atoms with E-state index in [0.717, 1.165) is 42.0 Å². The van der Waals surface area contributed by atoms with Crippen LogP contribution in [-0.2, 0) is 22.5 Å². The number of piperidine rings is 1. The van der Waals surface area contributed by atoms with E-state index in [9.17, 15) is 14.7 Å². The van der Waals surface area contributed by atoms with Crippen molar-refractivity contribution >= 4 is 17.3 Å². The van der Waals surface area contributed by atoms with Crippen LogP contribution < -0.4 is 4.87 Å². The zero-order valence-electron chi connectivity index (χ0n) is 12.3. The van der Waals surface area contributed by atoms with Crippen molar-refractivity contribution in [2.45, 2.75) is 44.7 Å². The number of H-pyrrole nitrogens is 1. The van der Waals surface area contributed by atoms with E-state index in [0.29, 0.717) is 18.3 Å². The summed E-state index contributed by atoms with van der Waals surface area (Å²) in [7, 11) is 1.34. The molecular formula is C14H22N2O4S. The van der Waals surface area contributed by atoms with Gasteiger partial charge in [-0.2, -0.15) is 0 Å². The molecule has 21 heavy (non-hydrogen) atoms. The van der Waals surface area contributed by atoms with Crippen LogP contribution in [0.15, 0.2) is 4.79 Å². The fraction of sp³-hybridized carbons (Fsp3) is 0.714. The molecule has 2 heterocycles. The molecule has 1 aromatic rings. The molecule has 0 saturated carbocycles. The van der Waals surface area contributed by atoms with Gasteiger partial charge in [0.05, 0.1) is 13.5 Å². The normalized spacial score (nSPS) is 19.6. The van der Waals surface area contributed by atoms with Crippen molar-refractivity contribution < 1.29 is 14.6 Å². The van der Waals surface area contributed by atoms with Gasteiger partial charge in [0.2, 0.25) is 0 Å². The third kappa shape index (κ3) is 4.39. The smallest absolute Gasteiger partial charge is 0.311 e. The minimum Gasteiger partial charge on any atom is -0.469 e. The number of nitrogens with zero attached hydrogens (tertiary/aromatic N) is 1. The number of ether oxygens (including phenoxy) is 1. The van der Waals surface area contributed by atoms with Crippen molar-refractivity contribution in [2.24, 2.45) is 0 Å². The van der Waals surface area contributed by atoms with Crippen LogP contribution in [-0.4, -0.2) is 47.3 Å². The molecule has 1 fully saturated rings. The minimum atomic E-state index is -0.351. The Kier molecular flexibility index (Phi) is 5.96. The Bertz CT molecular complexity index is 523. The lowest BCUT2D eigenvalue weighted by Gasteiger charge is -2.35. The van der Waals surface area contributed by atoms with E-state index in [4.69, 9.17) is 0 Å². The third-order valence-corrected chi connectivity index (χ3v) is 4.82. The SMILES string of the molecule is COC(=O)Cc1[nH]c(=O)sc1CN1CCCCC1CCO. The molecule has 0 amide bonds. The molecule has 1 saturated heterocycles. The van der Waals surface area contributed by atoms with Crippen LogP contribution in [0, 0.1) is 0 Å². The van der Waals surface area contributed by atoms with Crippen LogP contribution >= 0.6 is 11.3 Å². The van der Waals surface area contributed by atoms with Gasteiger partial charge >= 0.3 is 10.8 Å². The number of rotatable bonds is 6. The zero-order chi connectivity index (χ0) is 15.2. The Hall–Kier alpha value is -1.18. The molecule has 6 nitrogen and oxygen atoms in total. The van der Waals surface area contributed by atoms with Gasteiger partial charge in [-0.05, 0) is 25.8 Å². The lowest BCUT2D eigenvalue weighted by atomic mass is 9.99. The number of aromatic nitrogens is 1. The summed E-state index contributed by atoms with van der Waals surface area (Å²) in [4.78, 5) is 28.8. The molecule has 1 aromatic heterocycles. The molecule has 2 rings (SSSR count). The van der Waals surface area contributed by atoms with Crippen molar-refractivity contribution in [3.63, 3.8) is 0 Å². The molecule has 0 aliphatic carbocycles. The van der Waals surface area contributed by atoms with Crippen LogP contribution in [0.3, 0.4) is 0 Å². The predicted molar refractivity (Wildman–Crippen MR) is 80.4 cm³/mol. The number of hydrogen-bond donors (Lipinski definition) is 2. The van der Waals surface area contributed by atoms with E-state index in [1.807, 2.05) is 0 Å². The number of likely N-dealkylation sites (tertiary alicyclic amines) is 1. The van der Waals surface area contributed by atoms with Gasteiger partial charge in [0.1, 0.15) is 0 Å². The highest BCUT2D eigenvalue weighted by molar-refractivity contribution is 7.09. The molecule has 1 aliphatic rings. The molecule has 2 N–H and O–H groups in total. The number of hydrogen-bond acceptors (Lipinski definition) is 6. The van der Waals surface area contributed by atoms with E-state index in [-0.39, 0.29) is 23.9 Å². The summed E-state index contributed by atoms with van der Waals surface area (Å²) in [5, 5.41) is 9.17. The van der Waals surface area contributed by atoms with Crippen molar-refractivity contribution in [1.29, 1.82) is 0 Å². The first-order valence-electron chi connectivity index (χ1n) is 7.26. The Morgan fingerprint density at radius 2 is 2.33 bits per heavy atom. The van der Waals surface area contributed by atoms with Crippen molar-refractivity contribution in [2.75, 3.05) is 20.3 Å².